The van der Waals surface area contributed by atoms with Gasteiger partial charge in [-0.05, 0) is 18.6 Å². The van der Waals surface area contributed by atoms with Gasteiger partial charge in [0.05, 0.1) is 19.3 Å². The third kappa shape index (κ3) is 5.68. The molecular formula is C20H29N3O4. The zero-order chi connectivity index (χ0) is 19.1. The fourth-order valence-corrected chi connectivity index (χ4v) is 3.65. The van der Waals surface area contributed by atoms with Gasteiger partial charge in [0.2, 0.25) is 5.91 Å². The molecule has 1 aromatic carbocycles. The van der Waals surface area contributed by atoms with Crippen LogP contribution in [-0.4, -0.2) is 91.6 Å². The number of hydrogen-bond acceptors (Lipinski definition) is 5. The van der Waals surface area contributed by atoms with Crippen molar-refractivity contribution in [2.24, 2.45) is 0 Å². The molecule has 1 aromatic rings. The lowest BCUT2D eigenvalue weighted by Crippen LogP contribution is -2.47. The van der Waals surface area contributed by atoms with Gasteiger partial charge in [-0.25, -0.2) is 0 Å². The molecule has 7 heteroatoms. The van der Waals surface area contributed by atoms with E-state index in [2.05, 4.69) is 4.90 Å². The van der Waals surface area contributed by atoms with Gasteiger partial charge in [0.1, 0.15) is 5.75 Å². The van der Waals surface area contributed by atoms with Crippen molar-refractivity contribution in [2.45, 2.75) is 19.4 Å². The van der Waals surface area contributed by atoms with Crippen molar-refractivity contribution in [1.82, 2.24) is 14.7 Å². The predicted octanol–water partition coefficient (Wildman–Crippen LogP) is 0.847. The summed E-state index contributed by atoms with van der Waals surface area (Å²) in [5.74, 6) is 0.735. The lowest BCUT2D eigenvalue weighted by molar-refractivity contribution is -0.135. The van der Waals surface area contributed by atoms with Gasteiger partial charge in [0, 0.05) is 46.2 Å². The zero-order valence-electron chi connectivity index (χ0n) is 16.0. The summed E-state index contributed by atoms with van der Waals surface area (Å²) in [4.78, 5) is 30.6. The Bertz CT molecular complexity index is 619. The van der Waals surface area contributed by atoms with Gasteiger partial charge in [-0.3, -0.25) is 14.5 Å². The number of ether oxygens (including phenoxy) is 2. The number of para-hydroxylation sites is 1. The van der Waals surface area contributed by atoms with E-state index in [1.807, 2.05) is 35.2 Å². The Kier molecular flexibility index (Phi) is 7.06. The topological polar surface area (TPSA) is 62.3 Å². The smallest absolute Gasteiger partial charge is 0.260 e. The average Bonchev–Trinajstić information content (AvgIpc) is 3.17. The first-order valence-electron chi connectivity index (χ1n) is 9.66. The van der Waals surface area contributed by atoms with Crippen LogP contribution in [0.4, 0.5) is 0 Å². The molecule has 2 amide bonds. The minimum atomic E-state index is -0.0296. The van der Waals surface area contributed by atoms with E-state index in [1.54, 1.807) is 11.8 Å². The largest absolute Gasteiger partial charge is 0.484 e. The highest BCUT2D eigenvalue weighted by Gasteiger charge is 2.32. The first kappa shape index (κ1) is 19.6. The van der Waals surface area contributed by atoms with E-state index < -0.39 is 0 Å². The van der Waals surface area contributed by atoms with Gasteiger partial charge >= 0.3 is 0 Å². The Balaban J connectivity index is 1.46. The van der Waals surface area contributed by atoms with E-state index in [-0.39, 0.29) is 24.5 Å². The lowest BCUT2D eigenvalue weighted by Gasteiger charge is -2.32. The van der Waals surface area contributed by atoms with Crippen LogP contribution in [-0.2, 0) is 14.3 Å². The fourth-order valence-electron chi connectivity index (χ4n) is 3.65. The van der Waals surface area contributed by atoms with Crippen LogP contribution in [0.3, 0.4) is 0 Å². The number of nitrogens with zero attached hydrogens (tertiary/aromatic N) is 3. The van der Waals surface area contributed by atoms with E-state index in [1.165, 1.54) is 0 Å². The van der Waals surface area contributed by atoms with E-state index >= 15 is 0 Å². The van der Waals surface area contributed by atoms with Gasteiger partial charge in [0.15, 0.2) is 6.61 Å². The van der Waals surface area contributed by atoms with Crippen LogP contribution in [0.2, 0.25) is 0 Å². The standard InChI is InChI=1S/C20H29N3O4/c1-17(24)23(10-9-21-11-13-26-14-12-21)18-7-8-22(15-18)20(25)16-27-19-5-3-2-4-6-19/h2-6,18H,7-16H2,1H3. The van der Waals surface area contributed by atoms with Gasteiger partial charge < -0.3 is 19.3 Å². The maximum atomic E-state index is 12.4. The normalized spacial score (nSPS) is 20.5. The highest BCUT2D eigenvalue weighted by molar-refractivity contribution is 5.78. The third-order valence-corrected chi connectivity index (χ3v) is 5.23. The highest BCUT2D eigenvalue weighted by atomic mass is 16.5. The van der Waals surface area contributed by atoms with Crippen LogP contribution < -0.4 is 4.74 Å². The molecule has 0 aliphatic carbocycles. The quantitative estimate of drug-likeness (QED) is 0.707. The Morgan fingerprint density at radius 3 is 2.63 bits per heavy atom. The number of benzene rings is 1. The number of rotatable bonds is 7. The molecule has 3 rings (SSSR count). The Morgan fingerprint density at radius 1 is 1.19 bits per heavy atom. The molecule has 148 valence electrons. The lowest BCUT2D eigenvalue weighted by atomic mass is 10.2. The van der Waals surface area contributed by atoms with Crippen LogP contribution >= 0.6 is 0 Å². The van der Waals surface area contributed by atoms with E-state index in [0.717, 1.165) is 39.3 Å². The number of carbonyl (C=O) groups is 2. The maximum Gasteiger partial charge on any atom is 0.260 e. The molecule has 1 unspecified atom stereocenters. The Labute approximate surface area is 160 Å². The van der Waals surface area contributed by atoms with E-state index in [0.29, 0.717) is 25.4 Å². The second-order valence-electron chi connectivity index (χ2n) is 7.05. The Hall–Kier alpha value is -2.12. The van der Waals surface area contributed by atoms with Gasteiger partial charge in [0.25, 0.3) is 5.91 Å². The maximum absolute atomic E-state index is 12.4. The average molecular weight is 375 g/mol. The van der Waals surface area contributed by atoms with Crippen molar-refractivity contribution in [2.75, 3.05) is 59.1 Å². The van der Waals surface area contributed by atoms with Crippen molar-refractivity contribution >= 4 is 11.8 Å². The van der Waals surface area contributed by atoms with E-state index in [4.69, 9.17) is 9.47 Å². The summed E-state index contributed by atoms with van der Waals surface area (Å²) in [5.41, 5.74) is 0. The van der Waals surface area contributed by atoms with Gasteiger partial charge in [-0.2, -0.15) is 0 Å². The SMILES string of the molecule is CC(=O)N(CCN1CCOCC1)C1CCN(C(=O)COc2ccccc2)C1. The number of carbonyl (C=O) groups excluding carboxylic acids is 2. The third-order valence-electron chi connectivity index (χ3n) is 5.23. The van der Waals surface area contributed by atoms with Crippen LogP contribution in [0.1, 0.15) is 13.3 Å². The molecular weight excluding hydrogens is 346 g/mol. The van der Waals surface area contributed by atoms with Crippen LogP contribution in [0.5, 0.6) is 5.75 Å². The molecule has 0 spiro atoms. The molecule has 2 aliphatic heterocycles. The molecule has 7 nitrogen and oxygen atoms in total. The predicted molar refractivity (Wildman–Crippen MR) is 102 cm³/mol. The molecule has 0 bridgehead atoms. The van der Waals surface area contributed by atoms with Crippen LogP contribution in [0, 0.1) is 0 Å². The molecule has 0 radical (unpaired) electrons. The number of hydrogen-bond donors (Lipinski definition) is 0. The molecule has 2 fully saturated rings. The summed E-state index contributed by atoms with van der Waals surface area (Å²) in [6, 6.07) is 9.43. The van der Waals surface area contributed by atoms with Crippen LogP contribution in [0.25, 0.3) is 0 Å². The minimum absolute atomic E-state index is 0.0296. The van der Waals surface area contributed by atoms with Crippen molar-refractivity contribution in [3.63, 3.8) is 0 Å². The number of amides is 2. The second kappa shape index (κ2) is 9.71. The summed E-state index contributed by atoms with van der Waals surface area (Å²) in [7, 11) is 0. The second-order valence-corrected chi connectivity index (χ2v) is 7.05. The first-order chi connectivity index (χ1) is 13.1. The van der Waals surface area contributed by atoms with Crippen LogP contribution in [0.15, 0.2) is 30.3 Å². The minimum Gasteiger partial charge on any atom is -0.484 e. The molecule has 1 atom stereocenters. The summed E-state index contributed by atoms with van der Waals surface area (Å²) >= 11 is 0. The summed E-state index contributed by atoms with van der Waals surface area (Å²) in [6.07, 6.45) is 0.819. The zero-order valence-corrected chi connectivity index (χ0v) is 16.0. The monoisotopic (exact) mass is 375 g/mol. The molecule has 2 aliphatic rings. The van der Waals surface area contributed by atoms with Gasteiger partial charge in [-0.1, -0.05) is 18.2 Å². The van der Waals surface area contributed by atoms with Crippen molar-refractivity contribution in [3.8, 4) is 5.75 Å². The molecule has 0 aromatic heterocycles. The summed E-state index contributed by atoms with van der Waals surface area (Å²) in [5, 5.41) is 0. The Morgan fingerprint density at radius 2 is 1.93 bits per heavy atom. The van der Waals surface area contributed by atoms with Crippen molar-refractivity contribution in [3.05, 3.63) is 30.3 Å². The van der Waals surface area contributed by atoms with Crippen molar-refractivity contribution < 1.29 is 19.1 Å². The van der Waals surface area contributed by atoms with Crippen molar-refractivity contribution in [1.29, 1.82) is 0 Å². The summed E-state index contributed by atoms with van der Waals surface area (Å²) in [6.45, 7) is 7.79. The van der Waals surface area contributed by atoms with Gasteiger partial charge in [-0.15, -0.1) is 0 Å². The number of likely N-dealkylation sites (tertiary alicyclic amines) is 1. The molecule has 27 heavy (non-hydrogen) atoms. The highest BCUT2D eigenvalue weighted by Crippen LogP contribution is 2.17. The van der Waals surface area contributed by atoms with E-state index in [9.17, 15) is 9.59 Å². The molecule has 2 heterocycles. The number of morpholine rings is 1. The fraction of sp³-hybridized carbons (Fsp3) is 0.600. The molecule has 2 saturated heterocycles. The molecule has 0 N–H and O–H groups in total. The molecule has 0 saturated carbocycles. The first-order valence-corrected chi connectivity index (χ1v) is 9.66. The summed E-state index contributed by atoms with van der Waals surface area (Å²) < 4.78 is 10.9.